The summed E-state index contributed by atoms with van der Waals surface area (Å²) in [5.74, 6) is -1.09. The van der Waals surface area contributed by atoms with Crippen LogP contribution in [0, 0.1) is 17.2 Å². The minimum atomic E-state index is -1.16. The van der Waals surface area contributed by atoms with Gasteiger partial charge in [-0.05, 0) is 30.5 Å². The number of methoxy groups -OCH3 is 3. The van der Waals surface area contributed by atoms with Crippen molar-refractivity contribution in [2.45, 2.75) is 31.6 Å². The fourth-order valence-corrected chi connectivity index (χ4v) is 2.79. The van der Waals surface area contributed by atoms with Crippen LogP contribution in [0.1, 0.15) is 31.7 Å². The van der Waals surface area contributed by atoms with Crippen LogP contribution < -0.4 is 9.47 Å². The zero-order chi connectivity index (χ0) is 19.0. The summed E-state index contributed by atoms with van der Waals surface area (Å²) >= 11 is 0. The fraction of sp³-hybridized carbons (Fsp3) is 0.500. The smallest absolute Gasteiger partial charge is 0.308 e. The van der Waals surface area contributed by atoms with Crippen LogP contribution in [-0.4, -0.2) is 38.4 Å². The number of ether oxygens (including phenoxy) is 3. The Bertz CT molecular complexity index is 666. The Morgan fingerprint density at radius 2 is 1.88 bits per heavy atom. The molecule has 0 amide bonds. The van der Waals surface area contributed by atoms with E-state index in [1.807, 2.05) is 0 Å². The number of benzene rings is 1. The number of carboxylic acids is 1. The van der Waals surface area contributed by atoms with Gasteiger partial charge in [-0.2, -0.15) is 5.26 Å². The van der Waals surface area contributed by atoms with E-state index < -0.39 is 23.3 Å². The lowest BCUT2D eigenvalue weighted by atomic mass is 9.72. The Kier molecular flexibility index (Phi) is 7.24. The Morgan fingerprint density at radius 3 is 2.36 bits per heavy atom. The number of carbonyl (C=O) groups excluding carboxylic acids is 1. The minimum Gasteiger partial charge on any atom is -0.493 e. The molecular weight excluding hydrogens is 326 g/mol. The molecule has 7 nitrogen and oxygen atoms in total. The van der Waals surface area contributed by atoms with Crippen molar-refractivity contribution in [1.29, 1.82) is 5.26 Å². The van der Waals surface area contributed by atoms with E-state index in [0.717, 1.165) is 0 Å². The molecule has 0 aliphatic heterocycles. The zero-order valence-electron chi connectivity index (χ0n) is 14.9. The van der Waals surface area contributed by atoms with E-state index in [-0.39, 0.29) is 19.3 Å². The molecule has 0 spiro atoms. The van der Waals surface area contributed by atoms with Crippen molar-refractivity contribution in [1.82, 2.24) is 0 Å². The zero-order valence-corrected chi connectivity index (χ0v) is 14.9. The Balaban J connectivity index is 3.36. The van der Waals surface area contributed by atoms with Gasteiger partial charge in [0.1, 0.15) is 0 Å². The van der Waals surface area contributed by atoms with Crippen molar-refractivity contribution in [2.24, 2.45) is 5.92 Å². The lowest BCUT2D eigenvalue weighted by Crippen LogP contribution is -2.31. The highest BCUT2D eigenvalue weighted by atomic mass is 16.5. The van der Waals surface area contributed by atoms with E-state index in [1.54, 1.807) is 25.1 Å². The fourth-order valence-electron chi connectivity index (χ4n) is 2.79. The van der Waals surface area contributed by atoms with Gasteiger partial charge in [0, 0.05) is 6.42 Å². The van der Waals surface area contributed by atoms with Crippen molar-refractivity contribution in [3.05, 3.63) is 23.8 Å². The second-order valence-corrected chi connectivity index (χ2v) is 5.79. The van der Waals surface area contributed by atoms with Crippen LogP contribution in [0.25, 0.3) is 0 Å². The normalized spacial score (nSPS) is 13.9. The van der Waals surface area contributed by atoms with E-state index in [0.29, 0.717) is 17.1 Å². The number of rotatable bonds is 9. The molecule has 1 aromatic rings. The van der Waals surface area contributed by atoms with Crippen molar-refractivity contribution in [2.75, 3.05) is 21.3 Å². The quantitative estimate of drug-likeness (QED) is 0.683. The molecule has 0 radical (unpaired) electrons. The third-order valence-electron chi connectivity index (χ3n) is 4.17. The maximum absolute atomic E-state index is 11.8. The number of carboxylic acid groups (broad SMARTS) is 1. The first-order valence-electron chi connectivity index (χ1n) is 7.77. The molecule has 0 saturated carbocycles. The lowest BCUT2D eigenvalue weighted by Gasteiger charge is -2.29. The molecule has 1 rings (SSSR count). The van der Waals surface area contributed by atoms with Crippen LogP contribution in [0.2, 0.25) is 0 Å². The first kappa shape index (κ1) is 20.3. The summed E-state index contributed by atoms with van der Waals surface area (Å²) in [6.07, 6.45) is 0.00435. The second kappa shape index (κ2) is 8.92. The van der Waals surface area contributed by atoms with E-state index in [4.69, 9.17) is 19.3 Å². The highest BCUT2D eigenvalue weighted by Crippen LogP contribution is 2.39. The first-order chi connectivity index (χ1) is 11.8. The Hall–Kier alpha value is -2.75. The van der Waals surface area contributed by atoms with E-state index in [9.17, 15) is 14.9 Å². The maximum atomic E-state index is 11.8. The Morgan fingerprint density at radius 1 is 1.24 bits per heavy atom. The van der Waals surface area contributed by atoms with Crippen LogP contribution in [-0.2, 0) is 19.7 Å². The monoisotopic (exact) mass is 349 g/mol. The number of carbonyl (C=O) groups is 2. The van der Waals surface area contributed by atoms with Gasteiger partial charge in [-0.15, -0.1) is 0 Å². The molecule has 0 aliphatic rings. The molecule has 0 aromatic heterocycles. The average molecular weight is 349 g/mol. The maximum Gasteiger partial charge on any atom is 0.308 e. The number of nitriles is 1. The highest BCUT2D eigenvalue weighted by Gasteiger charge is 2.37. The van der Waals surface area contributed by atoms with Crippen molar-refractivity contribution < 1.29 is 28.9 Å². The van der Waals surface area contributed by atoms with Gasteiger partial charge in [-0.3, -0.25) is 9.59 Å². The molecule has 0 bridgehead atoms. The van der Waals surface area contributed by atoms with Gasteiger partial charge in [0.05, 0.1) is 38.7 Å². The third-order valence-corrected chi connectivity index (χ3v) is 4.17. The lowest BCUT2D eigenvalue weighted by molar-refractivity contribution is -0.145. The number of esters is 1. The summed E-state index contributed by atoms with van der Waals surface area (Å²) in [4.78, 5) is 22.9. The highest BCUT2D eigenvalue weighted by molar-refractivity contribution is 5.72. The summed E-state index contributed by atoms with van der Waals surface area (Å²) < 4.78 is 15.2. The summed E-state index contributed by atoms with van der Waals surface area (Å²) in [6, 6.07) is 7.21. The predicted molar refractivity (Wildman–Crippen MR) is 89.5 cm³/mol. The summed E-state index contributed by atoms with van der Waals surface area (Å²) in [5, 5.41) is 18.9. The van der Waals surface area contributed by atoms with Crippen LogP contribution in [0.15, 0.2) is 18.2 Å². The largest absolute Gasteiger partial charge is 0.493 e. The van der Waals surface area contributed by atoms with Gasteiger partial charge >= 0.3 is 11.9 Å². The molecule has 136 valence electrons. The Labute approximate surface area is 147 Å². The van der Waals surface area contributed by atoms with Gasteiger partial charge in [0.25, 0.3) is 0 Å². The number of aliphatic carboxylic acids is 1. The molecule has 0 heterocycles. The first-order valence-corrected chi connectivity index (χ1v) is 7.77. The van der Waals surface area contributed by atoms with Crippen LogP contribution in [0.4, 0.5) is 0 Å². The van der Waals surface area contributed by atoms with Crippen molar-refractivity contribution in [3.8, 4) is 17.6 Å². The van der Waals surface area contributed by atoms with Crippen LogP contribution in [0.3, 0.4) is 0 Å². The molecule has 1 aromatic carbocycles. The molecule has 0 aliphatic carbocycles. The van der Waals surface area contributed by atoms with E-state index >= 15 is 0 Å². The SMILES string of the molecule is COC(=O)C(C)CC(C#N)(CCC(=O)O)c1ccc(OC)c(OC)c1. The molecule has 2 atom stereocenters. The number of nitrogens with zero attached hydrogens (tertiary/aromatic N) is 1. The van der Waals surface area contributed by atoms with Gasteiger partial charge in [0.15, 0.2) is 11.5 Å². The van der Waals surface area contributed by atoms with Gasteiger partial charge in [0.2, 0.25) is 0 Å². The van der Waals surface area contributed by atoms with E-state index in [1.165, 1.54) is 21.3 Å². The number of hydrogen-bond acceptors (Lipinski definition) is 6. The third kappa shape index (κ3) is 4.86. The molecular formula is C18H23NO6. The van der Waals surface area contributed by atoms with Crippen LogP contribution >= 0.6 is 0 Å². The molecule has 2 unspecified atom stereocenters. The summed E-state index contributed by atoms with van der Waals surface area (Å²) in [7, 11) is 4.25. The van der Waals surface area contributed by atoms with Crippen molar-refractivity contribution in [3.63, 3.8) is 0 Å². The molecule has 0 fully saturated rings. The summed E-state index contributed by atoms with van der Waals surface area (Å²) in [6.45, 7) is 1.65. The predicted octanol–water partition coefficient (Wildman–Crippen LogP) is 2.53. The van der Waals surface area contributed by atoms with E-state index in [2.05, 4.69) is 6.07 Å². The topological polar surface area (TPSA) is 106 Å². The van der Waals surface area contributed by atoms with Crippen LogP contribution in [0.5, 0.6) is 11.5 Å². The molecule has 0 saturated heterocycles. The molecule has 1 N–H and O–H groups in total. The summed E-state index contributed by atoms with van der Waals surface area (Å²) in [5.41, 5.74) is -0.587. The number of hydrogen-bond donors (Lipinski definition) is 1. The average Bonchev–Trinajstić information content (AvgIpc) is 2.63. The standard InChI is InChI=1S/C18H23NO6/c1-12(17(22)25-4)10-18(11-19,8-7-16(20)21)13-5-6-14(23-2)15(9-13)24-3/h5-6,9,12H,7-8,10H2,1-4H3,(H,20,21). The van der Waals surface area contributed by atoms with Gasteiger partial charge < -0.3 is 19.3 Å². The second-order valence-electron chi connectivity index (χ2n) is 5.79. The molecule has 7 heteroatoms. The molecule has 25 heavy (non-hydrogen) atoms. The van der Waals surface area contributed by atoms with Gasteiger partial charge in [-0.25, -0.2) is 0 Å². The van der Waals surface area contributed by atoms with Crippen molar-refractivity contribution >= 4 is 11.9 Å². The van der Waals surface area contributed by atoms with Gasteiger partial charge in [-0.1, -0.05) is 13.0 Å². The minimum absolute atomic E-state index is 0.0651.